The molecule has 126 valence electrons. The Kier molecular flexibility index (Phi) is 3.45. The van der Waals surface area contributed by atoms with Gasteiger partial charge in [0.15, 0.2) is 0 Å². The summed E-state index contributed by atoms with van der Waals surface area (Å²) in [6.45, 7) is 1.29. The van der Waals surface area contributed by atoms with Crippen molar-refractivity contribution in [1.29, 1.82) is 0 Å². The van der Waals surface area contributed by atoms with Crippen LogP contribution in [0.1, 0.15) is 41.1 Å². The van der Waals surface area contributed by atoms with E-state index in [-0.39, 0.29) is 11.5 Å². The van der Waals surface area contributed by atoms with E-state index in [4.69, 9.17) is 0 Å². The van der Waals surface area contributed by atoms with Crippen LogP contribution in [0.25, 0.3) is 0 Å². The van der Waals surface area contributed by atoms with Gasteiger partial charge in [0.25, 0.3) is 5.91 Å². The first-order valence-corrected chi connectivity index (χ1v) is 9.26. The van der Waals surface area contributed by atoms with E-state index in [2.05, 4.69) is 5.10 Å². The fourth-order valence-electron chi connectivity index (χ4n) is 3.15. The molecule has 1 aromatic heterocycles. The number of hydrogen-bond donors (Lipinski definition) is 0. The zero-order valence-electron chi connectivity index (χ0n) is 12.9. The summed E-state index contributed by atoms with van der Waals surface area (Å²) in [5.74, 6) is 0.908. The molecule has 24 heavy (non-hydrogen) atoms. The van der Waals surface area contributed by atoms with Gasteiger partial charge in [-0.1, -0.05) is 6.07 Å². The number of benzene rings is 1. The summed E-state index contributed by atoms with van der Waals surface area (Å²) < 4.78 is 37.2. The van der Waals surface area contributed by atoms with Crippen LogP contribution in [0.5, 0.6) is 0 Å². The maximum absolute atomic E-state index is 13.2. The molecule has 4 rings (SSSR count). The third kappa shape index (κ3) is 2.60. The highest BCUT2D eigenvalue weighted by molar-refractivity contribution is 7.86. The first-order valence-electron chi connectivity index (χ1n) is 7.87. The van der Waals surface area contributed by atoms with Crippen molar-refractivity contribution in [2.45, 2.75) is 36.6 Å². The molecule has 2 heterocycles. The van der Waals surface area contributed by atoms with Gasteiger partial charge in [-0.3, -0.25) is 9.69 Å². The summed E-state index contributed by atoms with van der Waals surface area (Å²) in [4.78, 5) is 14.0. The number of amides is 1. The maximum atomic E-state index is 13.2. The fourth-order valence-corrected chi connectivity index (χ4v) is 3.66. The number of carbonyl (C=O) groups excluding carboxylic acids is 1. The lowest BCUT2D eigenvalue weighted by molar-refractivity contribution is 0.0981. The molecule has 1 saturated carbocycles. The smallest absolute Gasteiger partial charge is 0.293 e. The molecular formula is C16H16FN3O3S. The minimum Gasteiger partial charge on any atom is -0.293 e. The minimum atomic E-state index is -4.84. The number of carbonyl (C=O) groups is 1. The summed E-state index contributed by atoms with van der Waals surface area (Å²) in [5, 5.41) is 4.37. The van der Waals surface area contributed by atoms with E-state index < -0.39 is 15.1 Å². The average Bonchev–Trinajstić information content (AvgIpc) is 3.32. The lowest BCUT2D eigenvalue weighted by Crippen LogP contribution is -2.38. The molecule has 2 aromatic rings. The lowest BCUT2D eigenvalue weighted by Gasteiger charge is -2.29. The molecular weight excluding hydrogens is 333 g/mol. The topological polar surface area (TPSA) is 72.3 Å². The number of anilines is 1. The van der Waals surface area contributed by atoms with E-state index in [1.54, 1.807) is 4.90 Å². The monoisotopic (exact) mass is 349 g/mol. The standard InChI is InChI=1S/C16H16FN3O3S/c17-24(22,23)13-4-1-3-12(9-13)16(21)19-7-2-8-20-15(19)14(10-18-20)11-5-6-11/h1,3-4,9-11H,2,5-8H2. The van der Waals surface area contributed by atoms with E-state index in [1.165, 1.54) is 12.1 Å². The molecule has 1 aromatic carbocycles. The Bertz CT molecular complexity index is 918. The van der Waals surface area contributed by atoms with Crippen LogP contribution in [0.3, 0.4) is 0 Å². The predicted octanol–water partition coefficient (Wildman–Crippen LogP) is 2.47. The molecule has 0 saturated heterocycles. The Morgan fingerprint density at radius 2 is 2.04 bits per heavy atom. The van der Waals surface area contributed by atoms with E-state index in [0.29, 0.717) is 12.5 Å². The molecule has 0 N–H and O–H groups in total. The molecule has 1 amide bonds. The van der Waals surface area contributed by atoms with E-state index in [9.17, 15) is 17.1 Å². The molecule has 1 aliphatic heterocycles. The third-order valence-electron chi connectivity index (χ3n) is 4.47. The van der Waals surface area contributed by atoms with Crippen LogP contribution in [0.4, 0.5) is 9.70 Å². The highest BCUT2D eigenvalue weighted by atomic mass is 32.3. The van der Waals surface area contributed by atoms with Gasteiger partial charge in [0.05, 0.1) is 11.1 Å². The van der Waals surface area contributed by atoms with Crippen LogP contribution in [-0.2, 0) is 16.8 Å². The average molecular weight is 349 g/mol. The number of hydrogen-bond acceptors (Lipinski definition) is 4. The summed E-state index contributed by atoms with van der Waals surface area (Å²) in [5.41, 5.74) is 1.22. The second-order valence-corrected chi connectivity index (χ2v) is 7.54. The van der Waals surface area contributed by atoms with Gasteiger partial charge in [-0.05, 0) is 43.4 Å². The zero-order valence-corrected chi connectivity index (χ0v) is 13.7. The number of aryl methyl sites for hydroxylation is 1. The van der Waals surface area contributed by atoms with Gasteiger partial charge in [-0.2, -0.15) is 13.5 Å². The molecule has 2 aliphatic rings. The van der Waals surface area contributed by atoms with Crippen molar-refractivity contribution in [2.24, 2.45) is 0 Å². The summed E-state index contributed by atoms with van der Waals surface area (Å²) in [7, 11) is -4.84. The van der Waals surface area contributed by atoms with Crippen molar-refractivity contribution < 1.29 is 17.1 Å². The quantitative estimate of drug-likeness (QED) is 0.798. The summed E-state index contributed by atoms with van der Waals surface area (Å²) in [6.07, 6.45) is 4.78. The first-order chi connectivity index (χ1) is 11.4. The second kappa shape index (κ2) is 5.41. The Morgan fingerprint density at radius 1 is 1.25 bits per heavy atom. The van der Waals surface area contributed by atoms with Gasteiger partial charge < -0.3 is 0 Å². The van der Waals surface area contributed by atoms with Gasteiger partial charge in [0.2, 0.25) is 0 Å². The fraction of sp³-hybridized carbons (Fsp3) is 0.375. The number of halogens is 1. The zero-order chi connectivity index (χ0) is 16.9. The van der Waals surface area contributed by atoms with Gasteiger partial charge in [-0.15, -0.1) is 3.89 Å². The number of fused-ring (bicyclic) bond motifs is 1. The van der Waals surface area contributed by atoms with Crippen molar-refractivity contribution >= 4 is 21.9 Å². The van der Waals surface area contributed by atoms with Crippen LogP contribution in [0, 0.1) is 0 Å². The van der Waals surface area contributed by atoms with Gasteiger partial charge >= 0.3 is 10.2 Å². The lowest BCUT2D eigenvalue weighted by atomic mass is 10.1. The maximum Gasteiger partial charge on any atom is 0.332 e. The molecule has 0 bridgehead atoms. The molecule has 1 fully saturated rings. The Labute approximate surface area is 139 Å². The van der Waals surface area contributed by atoms with Gasteiger partial charge in [0.1, 0.15) is 5.82 Å². The Hall–Kier alpha value is -2.22. The highest BCUT2D eigenvalue weighted by Gasteiger charge is 2.34. The first kappa shape index (κ1) is 15.3. The number of nitrogens with zero attached hydrogens (tertiary/aromatic N) is 3. The highest BCUT2D eigenvalue weighted by Crippen LogP contribution is 2.45. The number of rotatable bonds is 3. The molecule has 0 unspecified atom stereocenters. The third-order valence-corrected chi connectivity index (χ3v) is 5.29. The molecule has 6 nitrogen and oxygen atoms in total. The summed E-state index contributed by atoms with van der Waals surface area (Å²) >= 11 is 0. The van der Waals surface area contributed by atoms with Crippen LogP contribution in [0.2, 0.25) is 0 Å². The summed E-state index contributed by atoms with van der Waals surface area (Å²) in [6, 6.07) is 5.11. The molecule has 1 aliphatic carbocycles. The molecule has 0 radical (unpaired) electrons. The predicted molar refractivity (Wildman–Crippen MR) is 85.2 cm³/mol. The van der Waals surface area contributed by atoms with Crippen molar-refractivity contribution in [1.82, 2.24) is 9.78 Å². The Morgan fingerprint density at radius 3 is 2.75 bits per heavy atom. The molecule has 0 atom stereocenters. The van der Waals surface area contributed by atoms with E-state index in [0.717, 1.165) is 49.3 Å². The van der Waals surface area contributed by atoms with Crippen LogP contribution < -0.4 is 4.90 Å². The van der Waals surface area contributed by atoms with Crippen molar-refractivity contribution in [3.63, 3.8) is 0 Å². The normalized spacial score (nSPS) is 17.6. The van der Waals surface area contributed by atoms with Crippen molar-refractivity contribution in [2.75, 3.05) is 11.4 Å². The SMILES string of the molecule is O=C(c1cccc(S(=O)(=O)F)c1)N1CCCn2ncc(C3CC3)c21. The van der Waals surface area contributed by atoms with Crippen LogP contribution >= 0.6 is 0 Å². The number of aromatic nitrogens is 2. The van der Waals surface area contributed by atoms with Crippen molar-refractivity contribution in [3.05, 3.63) is 41.6 Å². The minimum absolute atomic E-state index is 0.158. The van der Waals surface area contributed by atoms with Crippen LogP contribution in [0.15, 0.2) is 35.4 Å². The van der Waals surface area contributed by atoms with Gasteiger partial charge in [-0.25, -0.2) is 4.68 Å². The van der Waals surface area contributed by atoms with E-state index in [1.807, 2.05) is 10.9 Å². The largest absolute Gasteiger partial charge is 0.332 e. The van der Waals surface area contributed by atoms with Crippen LogP contribution in [-0.4, -0.2) is 30.7 Å². The van der Waals surface area contributed by atoms with Gasteiger partial charge in [0, 0.05) is 24.2 Å². The van der Waals surface area contributed by atoms with E-state index >= 15 is 0 Å². The second-order valence-electron chi connectivity index (χ2n) is 6.20. The van der Waals surface area contributed by atoms with Crippen molar-refractivity contribution in [3.8, 4) is 0 Å². The molecule has 0 spiro atoms. The Balaban J connectivity index is 1.73. The molecule has 8 heteroatoms.